The number of halogens is 3. The van der Waals surface area contributed by atoms with Crippen molar-refractivity contribution in [3.05, 3.63) is 24.0 Å². The van der Waals surface area contributed by atoms with Crippen LogP contribution in [0.2, 0.25) is 0 Å². The number of nitrogens with one attached hydrogen (secondary N) is 2. The van der Waals surface area contributed by atoms with E-state index < -0.39 is 24.7 Å². The summed E-state index contributed by atoms with van der Waals surface area (Å²) < 4.78 is 35.4. The molecule has 0 spiro atoms. The summed E-state index contributed by atoms with van der Waals surface area (Å²) in [5.41, 5.74) is -0.210. The minimum Gasteiger partial charge on any atom is -0.478 e. The molecule has 0 aromatic carbocycles. The van der Waals surface area contributed by atoms with E-state index in [1.165, 1.54) is 0 Å². The molecule has 0 unspecified atom stereocenters. The van der Waals surface area contributed by atoms with Gasteiger partial charge in [0.05, 0.1) is 17.4 Å². The third-order valence-electron chi connectivity index (χ3n) is 1.69. The lowest BCUT2D eigenvalue weighted by Crippen LogP contribution is -2.36. The van der Waals surface area contributed by atoms with E-state index in [-0.39, 0.29) is 11.3 Å². The van der Waals surface area contributed by atoms with Crippen LogP contribution in [0.15, 0.2) is 18.5 Å². The molecule has 1 aromatic heterocycles. The van der Waals surface area contributed by atoms with Crippen molar-refractivity contribution in [2.75, 3.05) is 11.9 Å². The predicted octanol–water partition coefficient (Wildman–Crippen LogP) is 1.46. The van der Waals surface area contributed by atoms with Crippen LogP contribution in [-0.2, 0) is 0 Å². The monoisotopic (exact) mass is 263 g/mol. The second kappa shape index (κ2) is 5.34. The number of amides is 2. The topological polar surface area (TPSA) is 91.3 Å². The Labute approximate surface area is 98.8 Å². The first-order chi connectivity index (χ1) is 8.28. The fraction of sp³-hybridized carbons (Fsp3) is 0.222. The van der Waals surface area contributed by atoms with E-state index in [4.69, 9.17) is 5.11 Å². The molecule has 2 amide bonds. The second-order valence-electron chi connectivity index (χ2n) is 3.19. The van der Waals surface area contributed by atoms with Gasteiger partial charge >= 0.3 is 18.2 Å². The zero-order chi connectivity index (χ0) is 13.8. The lowest BCUT2D eigenvalue weighted by Gasteiger charge is -2.09. The van der Waals surface area contributed by atoms with Gasteiger partial charge in [-0.3, -0.25) is 4.98 Å². The van der Waals surface area contributed by atoms with Gasteiger partial charge in [0.1, 0.15) is 6.54 Å². The van der Waals surface area contributed by atoms with Crippen LogP contribution in [0.1, 0.15) is 10.4 Å². The lowest BCUT2D eigenvalue weighted by molar-refractivity contribution is -0.122. The summed E-state index contributed by atoms with van der Waals surface area (Å²) in [5, 5.41) is 12.2. The van der Waals surface area contributed by atoms with Crippen LogP contribution in [0.4, 0.5) is 23.7 Å². The van der Waals surface area contributed by atoms with Crippen molar-refractivity contribution < 1.29 is 27.9 Å². The van der Waals surface area contributed by atoms with Gasteiger partial charge in [0.25, 0.3) is 0 Å². The second-order valence-corrected chi connectivity index (χ2v) is 3.19. The Morgan fingerprint density at radius 2 is 2.00 bits per heavy atom. The molecule has 0 aliphatic rings. The van der Waals surface area contributed by atoms with Gasteiger partial charge in [-0.15, -0.1) is 0 Å². The molecule has 1 heterocycles. The maximum atomic E-state index is 11.8. The van der Waals surface area contributed by atoms with Gasteiger partial charge in [-0.1, -0.05) is 0 Å². The van der Waals surface area contributed by atoms with Crippen molar-refractivity contribution in [3.8, 4) is 0 Å². The number of aromatic nitrogens is 1. The van der Waals surface area contributed by atoms with E-state index >= 15 is 0 Å². The van der Waals surface area contributed by atoms with Gasteiger partial charge in [-0.05, 0) is 6.07 Å². The first-order valence-corrected chi connectivity index (χ1v) is 4.58. The van der Waals surface area contributed by atoms with E-state index in [2.05, 4.69) is 4.98 Å². The predicted molar refractivity (Wildman–Crippen MR) is 54.3 cm³/mol. The minimum absolute atomic E-state index is 0.0189. The van der Waals surface area contributed by atoms with E-state index in [0.717, 1.165) is 18.5 Å². The highest BCUT2D eigenvalue weighted by Gasteiger charge is 2.27. The molecule has 18 heavy (non-hydrogen) atoms. The highest BCUT2D eigenvalue weighted by atomic mass is 19.4. The quantitative estimate of drug-likeness (QED) is 0.770. The lowest BCUT2D eigenvalue weighted by atomic mass is 10.3. The number of carboxylic acid groups (broad SMARTS) is 1. The number of carbonyl (C=O) groups excluding carboxylic acids is 1. The number of aromatic carboxylic acids is 1. The van der Waals surface area contributed by atoms with Gasteiger partial charge < -0.3 is 15.7 Å². The molecule has 9 heteroatoms. The van der Waals surface area contributed by atoms with E-state index in [1.807, 2.05) is 5.32 Å². The number of anilines is 1. The SMILES string of the molecule is O=C(NCC(F)(F)F)Nc1cncc(C(=O)O)c1. The van der Waals surface area contributed by atoms with Crippen LogP contribution in [0.5, 0.6) is 0 Å². The van der Waals surface area contributed by atoms with Crippen LogP contribution < -0.4 is 10.6 Å². The number of carbonyl (C=O) groups is 2. The summed E-state index contributed by atoms with van der Waals surface area (Å²) in [7, 11) is 0. The minimum atomic E-state index is -4.52. The first-order valence-electron chi connectivity index (χ1n) is 4.58. The summed E-state index contributed by atoms with van der Waals surface area (Å²) in [5.74, 6) is -1.26. The van der Waals surface area contributed by atoms with Crippen molar-refractivity contribution in [2.24, 2.45) is 0 Å². The number of carboxylic acids is 1. The van der Waals surface area contributed by atoms with Gasteiger partial charge in [0.15, 0.2) is 0 Å². The molecule has 6 nitrogen and oxygen atoms in total. The molecule has 0 fully saturated rings. The Kier molecular flexibility index (Phi) is 4.08. The van der Waals surface area contributed by atoms with Crippen LogP contribution in [0.25, 0.3) is 0 Å². The van der Waals surface area contributed by atoms with Crippen LogP contribution in [-0.4, -0.2) is 34.8 Å². The maximum absolute atomic E-state index is 11.8. The summed E-state index contributed by atoms with van der Waals surface area (Å²) in [6, 6.07) is -0.0284. The third kappa shape index (κ3) is 4.68. The first kappa shape index (κ1) is 13.7. The molecular weight excluding hydrogens is 255 g/mol. The van der Waals surface area contributed by atoms with Gasteiger partial charge in [-0.25, -0.2) is 9.59 Å². The molecule has 0 radical (unpaired) electrons. The Morgan fingerprint density at radius 3 is 2.56 bits per heavy atom. The molecule has 98 valence electrons. The smallest absolute Gasteiger partial charge is 0.405 e. The zero-order valence-corrected chi connectivity index (χ0v) is 8.78. The Morgan fingerprint density at radius 1 is 1.33 bits per heavy atom. The highest BCUT2D eigenvalue weighted by molar-refractivity contribution is 5.92. The van der Waals surface area contributed by atoms with Crippen LogP contribution >= 0.6 is 0 Å². The van der Waals surface area contributed by atoms with Crippen molar-refractivity contribution in [2.45, 2.75) is 6.18 Å². The Hall–Kier alpha value is -2.32. The fourth-order valence-electron chi connectivity index (χ4n) is 0.981. The van der Waals surface area contributed by atoms with Crippen LogP contribution in [0.3, 0.4) is 0 Å². The number of nitrogens with zero attached hydrogens (tertiary/aromatic N) is 1. The van der Waals surface area contributed by atoms with E-state index in [9.17, 15) is 22.8 Å². The molecule has 0 bridgehead atoms. The van der Waals surface area contributed by atoms with Gasteiger partial charge in [0.2, 0.25) is 0 Å². The molecular formula is C9H8F3N3O3. The number of pyridine rings is 1. The van der Waals surface area contributed by atoms with Gasteiger partial charge in [-0.2, -0.15) is 13.2 Å². The molecule has 0 aliphatic carbocycles. The summed E-state index contributed by atoms with van der Waals surface area (Å²) in [6.07, 6.45) is -2.36. The Balaban J connectivity index is 2.59. The summed E-state index contributed by atoms with van der Waals surface area (Å²) in [6.45, 7) is -1.48. The fourth-order valence-corrected chi connectivity index (χ4v) is 0.981. The van der Waals surface area contributed by atoms with Crippen molar-refractivity contribution >= 4 is 17.7 Å². The summed E-state index contributed by atoms with van der Waals surface area (Å²) >= 11 is 0. The average Bonchev–Trinajstić information content (AvgIpc) is 2.26. The normalized spacial score (nSPS) is 10.8. The number of hydrogen-bond donors (Lipinski definition) is 3. The average molecular weight is 263 g/mol. The van der Waals surface area contributed by atoms with Crippen molar-refractivity contribution in [1.82, 2.24) is 10.3 Å². The molecule has 0 saturated heterocycles. The third-order valence-corrected chi connectivity index (χ3v) is 1.69. The molecule has 3 N–H and O–H groups in total. The van der Waals surface area contributed by atoms with Gasteiger partial charge in [0, 0.05) is 6.20 Å². The number of urea groups is 1. The highest BCUT2D eigenvalue weighted by Crippen LogP contribution is 2.12. The molecule has 0 atom stereocenters. The standard InChI is InChI=1S/C9H8F3N3O3/c10-9(11,12)4-14-8(18)15-6-1-5(7(16)17)2-13-3-6/h1-3H,4H2,(H,16,17)(H2,14,15,18). The summed E-state index contributed by atoms with van der Waals surface area (Å²) in [4.78, 5) is 25.1. The van der Waals surface area contributed by atoms with Crippen molar-refractivity contribution in [3.63, 3.8) is 0 Å². The Bertz CT molecular complexity index is 462. The van der Waals surface area contributed by atoms with E-state index in [1.54, 1.807) is 5.32 Å². The van der Waals surface area contributed by atoms with Crippen molar-refractivity contribution in [1.29, 1.82) is 0 Å². The van der Waals surface area contributed by atoms with Crippen LogP contribution in [0, 0.1) is 0 Å². The maximum Gasteiger partial charge on any atom is 0.405 e. The molecule has 0 saturated carbocycles. The molecule has 1 aromatic rings. The zero-order valence-electron chi connectivity index (χ0n) is 8.78. The number of hydrogen-bond acceptors (Lipinski definition) is 3. The number of alkyl halides is 3. The largest absolute Gasteiger partial charge is 0.478 e. The van der Waals surface area contributed by atoms with E-state index in [0.29, 0.717) is 0 Å². The molecule has 1 rings (SSSR count). The molecule has 0 aliphatic heterocycles. The number of rotatable bonds is 3.